The van der Waals surface area contributed by atoms with Gasteiger partial charge in [0.25, 0.3) is 5.91 Å². The normalized spacial score (nSPS) is 19.1. The standard InChI is InChI=1S/C18H22BrClN2O3/c1-17(2,3)25-16(24)21-9-10-22(18(11-21)7-8-18)15(23)14-12(19)5-4-6-13(14)20/h4-6H,7-11H2,1-3H3. The lowest BCUT2D eigenvalue weighted by Crippen LogP contribution is -2.58. The lowest BCUT2D eigenvalue weighted by Gasteiger charge is -2.42. The Morgan fingerprint density at radius 1 is 1.24 bits per heavy atom. The van der Waals surface area contributed by atoms with Crippen LogP contribution >= 0.6 is 27.5 Å². The molecule has 2 aliphatic rings. The number of carbonyl (C=O) groups is 2. The predicted octanol–water partition coefficient (Wildman–Crippen LogP) is 4.33. The van der Waals surface area contributed by atoms with Crippen molar-refractivity contribution in [2.24, 2.45) is 0 Å². The van der Waals surface area contributed by atoms with Crippen molar-refractivity contribution in [3.05, 3.63) is 33.3 Å². The number of ether oxygens (including phenoxy) is 1. The van der Waals surface area contributed by atoms with Crippen LogP contribution in [0.2, 0.25) is 5.02 Å². The summed E-state index contributed by atoms with van der Waals surface area (Å²) >= 11 is 9.67. The van der Waals surface area contributed by atoms with Crippen molar-refractivity contribution in [3.8, 4) is 0 Å². The Kier molecular flexibility index (Phi) is 4.79. The summed E-state index contributed by atoms with van der Waals surface area (Å²) < 4.78 is 6.16. The van der Waals surface area contributed by atoms with Gasteiger partial charge in [-0.2, -0.15) is 0 Å². The highest BCUT2D eigenvalue weighted by atomic mass is 79.9. The summed E-state index contributed by atoms with van der Waals surface area (Å²) in [6, 6.07) is 5.34. The van der Waals surface area contributed by atoms with E-state index in [1.807, 2.05) is 31.7 Å². The van der Waals surface area contributed by atoms with E-state index in [1.54, 1.807) is 17.0 Å². The summed E-state index contributed by atoms with van der Waals surface area (Å²) in [4.78, 5) is 29.0. The fourth-order valence-corrected chi connectivity index (χ4v) is 4.09. The Morgan fingerprint density at radius 3 is 2.48 bits per heavy atom. The first kappa shape index (κ1) is 18.5. The van der Waals surface area contributed by atoms with Crippen LogP contribution in [0, 0.1) is 0 Å². The van der Waals surface area contributed by atoms with Crippen LogP contribution < -0.4 is 0 Å². The molecule has 0 radical (unpaired) electrons. The second-order valence-corrected chi connectivity index (χ2v) is 8.94. The molecule has 0 atom stereocenters. The molecule has 136 valence electrons. The van der Waals surface area contributed by atoms with Gasteiger partial charge in [-0.05, 0) is 61.7 Å². The molecule has 0 bridgehead atoms. The second kappa shape index (κ2) is 6.47. The zero-order valence-corrected chi connectivity index (χ0v) is 17.0. The maximum Gasteiger partial charge on any atom is 0.410 e. The van der Waals surface area contributed by atoms with Crippen LogP contribution in [0.4, 0.5) is 4.79 Å². The Hall–Kier alpha value is -1.27. The highest BCUT2D eigenvalue weighted by Gasteiger charge is 2.54. The summed E-state index contributed by atoms with van der Waals surface area (Å²) in [5.41, 5.74) is -0.324. The molecule has 1 heterocycles. The van der Waals surface area contributed by atoms with E-state index in [2.05, 4.69) is 15.9 Å². The Bertz CT molecular complexity index is 693. The van der Waals surface area contributed by atoms with E-state index >= 15 is 0 Å². The summed E-state index contributed by atoms with van der Waals surface area (Å²) in [7, 11) is 0. The van der Waals surface area contributed by atoms with Gasteiger partial charge in [0, 0.05) is 24.1 Å². The number of amides is 2. The third kappa shape index (κ3) is 3.80. The van der Waals surface area contributed by atoms with Crippen molar-refractivity contribution >= 4 is 39.5 Å². The Morgan fingerprint density at radius 2 is 1.92 bits per heavy atom. The number of hydrogen-bond donors (Lipinski definition) is 0. The van der Waals surface area contributed by atoms with E-state index in [-0.39, 0.29) is 17.5 Å². The fraction of sp³-hybridized carbons (Fsp3) is 0.556. The monoisotopic (exact) mass is 428 g/mol. The second-order valence-electron chi connectivity index (χ2n) is 7.68. The number of rotatable bonds is 1. The summed E-state index contributed by atoms with van der Waals surface area (Å²) in [5, 5.41) is 0.435. The first-order valence-corrected chi connectivity index (χ1v) is 9.54. The molecule has 1 aromatic rings. The van der Waals surface area contributed by atoms with Gasteiger partial charge < -0.3 is 14.5 Å². The number of benzene rings is 1. The van der Waals surface area contributed by atoms with Gasteiger partial charge in [0.15, 0.2) is 0 Å². The van der Waals surface area contributed by atoms with E-state index in [0.717, 1.165) is 12.8 Å². The van der Waals surface area contributed by atoms with Crippen LogP contribution in [-0.4, -0.2) is 52.6 Å². The number of hydrogen-bond acceptors (Lipinski definition) is 3. The van der Waals surface area contributed by atoms with Crippen molar-refractivity contribution in [2.45, 2.75) is 44.8 Å². The van der Waals surface area contributed by atoms with Crippen LogP contribution in [0.25, 0.3) is 0 Å². The molecule has 0 aromatic heterocycles. The molecule has 1 spiro atoms. The fourth-order valence-electron chi connectivity index (χ4n) is 3.19. The molecule has 7 heteroatoms. The predicted molar refractivity (Wildman–Crippen MR) is 100.0 cm³/mol. The molecule has 1 aromatic carbocycles. The molecule has 5 nitrogen and oxygen atoms in total. The average Bonchev–Trinajstić information content (AvgIpc) is 3.24. The van der Waals surface area contributed by atoms with Gasteiger partial charge in [0.2, 0.25) is 0 Å². The van der Waals surface area contributed by atoms with E-state index in [9.17, 15) is 9.59 Å². The highest BCUT2D eigenvalue weighted by Crippen LogP contribution is 2.46. The molecule has 25 heavy (non-hydrogen) atoms. The maximum atomic E-state index is 13.1. The minimum absolute atomic E-state index is 0.0844. The van der Waals surface area contributed by atoms with Gasteiger partial charge >= 0.3 is 6.09 Å². The van der Waals surface area contributed by atoms with E-state index in [4.69, 9.17) is 16.3 Å². The van der Waals surface area contributed by atoms with Crippen molar-refractivity contribution in [1.82, 2.24) is 9.80 Å². The molecule has 2 fully saturated rings. The van der Waals surface area contributed by atoms with Gasteiger partial charge in [-0.25, -0.2) is 4.79 Å². The molecule has 1 saturated heterocycles. The third-order valence-electron chi connectivity index (χ3n) is 4.55. The largest absolute Gasteiger partial charge is 0.444 e. The first-order valence-electron chi connectivity index (χ1n) is 8.37. The molecule has 0 unspecified atom stereocenters. The van der Waals surface area contributed by atoms with E-state index in [1.165, 1.54) is 0 Å². The molecule has 3 rings (SSSR count). The van der Waals surface area contributed by atoms with Crippen LogP contribution in [0.3, 0.4) is 0 Å². The quantitative estimate of drug-likeness (QED) is 0.668. The summed E-state index contributed by atoms with van der Waals surface area (Å²) in [6.45, 7) is 7.02. The minimum Gasteiger partial charge on any atom is -0.444 e. The van der Waals surface area contributed by atoms with Gasteiger partial charge in [-0.15, -0.1) is 0 Å². The topological polar surface area (TPSA) is 49.9 Å². The zero-order valence-electron chi connectivity index (χ0n) is 14.6. The van der Waals surface area contributed by atoms with Gasteiger partial charge in [0.05, 0.1) is 16.1 Å². The number of piperazine rings is 1. The smallest absolute Gasteiger partial charge is 0.410 e. The molecule has 0 N–H and O–H groups in total. The highest BCUT2D eigenvalue weighted by molar-refractivity contribution is 9.10. The zero-order chi connectivity index (χ0) is 18.4. The molecule has 1 saturated carbocycles. The Balaban J connectivity index is 1.77. The minimum atomic E-state index is -0.525. The van der Waals surface area contributed by atoms with Crippen LogP contribution in [0.15, 0.2) is 22.7 Å². The van der Waals surface area contributed by atoms with E-state index < -0.39 is 5.60 Å². The molecule has 1 aliphatic heterocycles. The number of halogens is 2. The number of carbonyl (C=O) groups excluding carboxylic acids is 2. The van der Waals surface area contributed by atoms with Gasteiger partial charge in [-0.1, -0.05) is 17.7 Å². The molecular formula is C18H22BrClN2O3. The average molecular weight is 430 g/mol. The summed E-state index contributed by atoms with van der Waals surface area (Å²) in [6.07, 6.45) is 1.46. The number of nitrogens with zero attached hydrogens (tertiary/aromatic N) is 2. The SMILES string of the molecule is CC(C)(C)OC(=O)N1CCN(C(=O)c2c(Cl)cccc2Br)C2(CC2)C1. The van der Waals surface area contributed by atoms with Crippen molar-refractivity contribution < 1.29 is 14.3 Å². The molecule has 2 amide bonds. The van der Waals surface area contributed by atoms with Gasteiger partial charge in [0.1, 0.15) is 5.60 Å². The van der Waals surface area contributed by atoms with E-state index in [0.29, 0.717) is 34.7 Å². The maximum absolute atomic E-state index is 13.1. The third-order valence-corrected chi connectivity index (χ3v) is 5.53. The van der Waals surface area contributed by atoms with Crippen LogP contribution in [0.5, 0.6) is 0 Å². The van der Waals surface area contributed by atoms with Crippen LogP contribution in [-0.2, 0) is 4.74 Å². The lowest BCUT2D eigenvalue weighted by atomic mass is 10.1. The van der Waals surface area contributed by atoms with Crippen molar-refractivity contribution in [1.29, 1.82) is 0 Å². The lowest BCUT2D eigenvalue weighted by molar-refractivity contribution is 0.000615. The van der Waals surface area contributed by atoms with Gasteiger partial charge in [-0.3, -0.25) is 4.79 Å². The van der Waals surface area contributed by atoms with Crippen molar-refractivity contribution in [3.63, 3.8) is 0 Å². The summed E-state index contributed by atoms with van der Waals surface area (Å²) in [5.74, 6) is -0.0844. The molecule has 1 aliphatic carbocycles. The van der Waals surface area contributed by atoms with Crippen molar-refractivity contribution in [2.75, 3.05) is 19.6 Å². The first-order chi connectivity index (χ1) is 11.6. The Labute approximate surface area is 161 Å². The van der Waals surface area contributed by atoms with Crippen LogP contribution in [0.1, 0.15) is 44.0 Å². The molecular weight excluding hydrogens is 408 g/mol.